The standard InChI is InChI=1S/C27H28ClN11O2/c1-16(40)38-6-2-3-21(38)26(41)37-9-7-36(8-10-37)22-12-17(13-29)11-20(23(22)28)33-27-34-24(32-18-4-5-18)25-31-15-19(14-30)39(25)35-27/h11-12,15,18,21H,2-10H2,1H3,(H2,32,33,34,35)/t21-/m0/s1. The van der Waals surface area contributed by atoms with Crippen molar-refractivity contribution in [1.29, 1.82) is 10.5 Å². The van der Waals surface area contributed by atoms with Crippen molar-refractivity contribution in [3.8, 4) is 12.1 Å². The predicted molar refractivity (Wildman–Crippen MR) is 151 cm³/mol. The number of carbonyl (C=O) groups excluding carboxylic acids is 2. The molecular formula is C27H28ClN11O2. The lowest BCUT2D eigenvalue weighted by Gasteiger charge is -2.38. The van der Waals surface area contributed by atoms with Gasteiger partial charge in [0.2, 0.25) is 17.8 Å². The molecule has 0 unspecified atom stereocenters. The lowest BCUT2D eigenvalue weighted by molar-refractivity contribution is -0.143. The van der Waals surface area contributed by atoms with Crippen molar-refractivity contribution in [3.63, 3.8) is 0 Å². The Labute approximate surface area is 241 Å². The maximum atomic E-state index is 13.2. The van der Waals surface area contributed by atoms with Crippen molar-refractivity contribution >= 4 is 52.2 Å². The molecule has 2 aliphatic heterocycles. The number of nitriles is 2. The van der Waals surface area contributed by atoms with Gasteiger partial charge in [0.05, 0.1) is 34.2 Å². The fourth-order valence-electron chi connectivity index (χ4n) is 5.42. The first-order valence-electron chi connectivity index (χ1n) is 13.6. The van der Waals surface area contributed by atoms with Crippen LogP contribution in [0.1, 0.15) is 43.9 Å². The normalized spacial score (nSPS) is 18.7. The van der Waals surface area contributed by atoms with Crippen LogP contribution in [0.5, 0.6) is 0 Å². The predicted octanol–water partition coefficient (Wildman–Crippen LogP) is 2.50. The minimum Gasteiger partial charge on any atom is -0.367 e. The van der Waals surface area contributed by atoms with Crippen LogP contribution in [0.3, 0.4) is 0 Å². The van der Waals surface area contributed by atoms with Gasteiger partial charge < -0.3 is 25.3 Å². The molecule has 1 aliphatic carbocycles. The second-order valence-electron chi connectivity index (χ2n) is 10.5. The number of benzene rings is 1. The zero-order valence-corrected chi connectivity index (χ0v) is 23.2. The Bertz CT molecular complexity index is 1610. The maximum Gasteiger partial charge on any atom is 0.247 e. The van der Waals surface area contributed by atoms with Crippen molar-refractivity contribution in [3.05, 3.63) is 34.6 Å². The van der Waals surface area contributed by atoms with Gasteiger partial charge in [-0.15, -0.1) is 5.10 Å². The molecule has 14 heteroatoms. The van der Waals surface area contributed by atoms with Crippen molar-refractivity contribution in [1.82, 2.24) is 29.4 Å². The number of hydrogen-bond donors (Lipinski definition) is 2. The molecule has 1 atom stereocenters. The Kier molecular flexibility index (Phi) is 6.97. The van der Waals surface area contributed by atoms with Gasteiger partial charge in [-0.1, -0.05) is 11.6 Å². The van der Waals surface area contributed by atoms with Crippen LogP contribution >= 0.6 is 11.6 Å². The Morgan fingerprint density at radius 2 is 1.85 bits per heavy atom. The number of carbonyl (C=O) groups is 2. The van der Waals surface area contributed by atoms with Gasteiger partial charge in [-0.05, 0) is 37.8 Å². The third kappa shape index (κ3) is 5.16. The van der Waals surface area contributed by atoms with E-state index in [0.29, 0.717) is 78.6 Å². The minimum atomic E-state index is -0.394. The number of piperazine rings is 1. The van der Waals surface area contributed by atoms with Crippen molar-refractivity contribution in [2.75, 3.05) is 48.3 Å². The highest BCUT2D eigenvalue weighted by Gasteiger charge is 2.36. The molecule has 2 N–H and O–H groups in total. The van der Waals surface area contributed by atoms with Gasteiger partial charge >= 0.3 is 0 Å². The third-order valence-corrected chi connectivity index (χ3v) is 8.10. The topological polar surface area (TPSA) is 159 Å². The van der Waals surface area contributed by atoms with Crippen LogP contribution < -0.4 is 15.5 Å². The number of nitrogens with zero attached hydrogens (tertiary/aromatic N) is 9. The molecule has 0 radical (unpaired) electrons. The molecule has 2 aromatic heterocycles. The minimum absolute atomic E-state index is 0.0176. The zero-order valence-electron chi connectivity index (χ0n) is 22.5. The smallest absolute Gasteiger partial charge is 0.247 e. The molecular weight excluding hydrogens is 546 g/mol. The molecule has 3 aromatic rings. The molecule has 0 bridgehead atoms. The number of imidazole rings is 1. The van der Waals surface area contributed by atoms with Gasteiger partial charge in [0.25, 0.3) is 0 Å². The van der Waals surface area contributed by atoms with Gasteiger partial charge in [0.1, 0.15) is 12.1 Å². The van der Waals surface area contributed by atoms with Crippen LogP contribution in [0.15, 0.2) is 18.3 Å². The number of nitrogens with one attached hydrogen (secondary N) is 2. The Balaban J connectivity index is 1.23. The average Bonchev–Trinajstić information content (AvgIpc) is 3.48. The molecule has 2 amide bonds. The van der Waals surface area contributed by atoms with Crippen LogP contribution in [0, 0.1) is 22.7 Å². The van der Waals surface area contributed by atoms with E-state index in [-0.39, 0.29) is 23.5 Å². The van der Waals surface area contributed by atoms with E-state index in [9.17, 15) is 20.1 Å². The largest absolute Gasteiger partial charge is 0.367 e. The summed E-state index contributed by atoms with van der Waals surface area (Å²) < 4.78 is 1.43. The average molecular weight is 574 g/mol. The molecule has 2 saturated heterocycles. The van der Waals surface area contributed by atoms with Crippen LogP contribution in [0.25, 0.3) is 5.65 Å². The molecule has 3 fully saturated rings. The first-order chi connectivity index (χ1) is 19.9. The molecule has 13 nitrogen and oxygen atoms in total. The number of halogens is 1. The van der Waals surface area contributed by atoms with E-state index < -0.39 is 6.04 Å². The van der Waals surface area contributed by atoms with Gasteiger partial charge in [-0.25, -0.2) is 4.98 Å². The molecule has 1 saturated carbocycles. The molecule has 41 heavy (non-hydrogen) atoms. The fraction of sp³-hybridized carbons (Fsp3) is 0.444. The molecule has 3 aliphatic rings. The highest BCUT2D eigenvalue weighted by Crippen LogP contribution is 2.37. The Morgan fingerprint density at radius 3 is 2.54 bits per heavy atom. The summed E-state index contributed by atoms with van der Waals surface area (Å²) in [6.07, 6.45) is 5.01. The summed E-state index contributed by atoms with van der Waals surface area (Å²) in [5.41, 5.74) is 2.21. The summed E-state index contributed by atoms with van der Waals surface area (Å²) in [5.74, 6) is 0.608. The van der Waals surface area contributed by atoms with E-state index in [1.54, 1.807) is 21.9 Å². The monoisotopic (exact) mass is 573 g/mol. The number of amides is 2. The zero-order chi connectivity index (χ0) is 28.7. The first-order valence-corrected chi connectivity index (χ1v) is 14.0. The lowest BCUT2D eigenvalue weighted by Crippen LogP contribution is -2.54. The maximum absolute atomic E-state index is 13.2. The number of anilines is 4. The summed E-state index contributed by atoms with van der Waals surface area (Å²) >= 11 is 6.89. The number of aromatic nitrogens is 4. The third-order valence-electron chi connectivity index (χ3n) is 7.70. The van der Waals surface area contributed by atoms with E-state index in [0.717, 1.165) is 19.3 Å². The van der Waals surface area contributed by atoms with E-state index in [1.807, 2.05) is 4.90 Å². The van der Waals surface area contributed by atoms with E-state index >= 15 is 0 Å². The van der Waals surface area contributed by atoms with Gasteiger partial charge in [0.15, 0.2) is 17.2 Å². The van der Waals surface area contributed by atoms with Gasteiger partial charge in [-0.2, -0.15) is 20.0 Å². The molecule has 4 heterocycles. The Morgan fingerprint density at radius 1 is 1.07 bits per heavy atom. The number of fused-ring (bicyclic) bond motifs is 1. The second kappa shape index (κ2) is 10.7. The highest BCUT2D eigenvalue weighted by atomic mass is 35.5. The van der Waals surface area contributed by atoms with Gasteiger partial charge in [-0.3, -0.25) is 9.59 Å². The van der Waals surface area contributed by atoms with E-state index in [4.69, 9.17) is 11.6 Å². The summed E-state index contributed by atoms with van der Waals surface area (Å²) in [6, 6.07) is 7.54. The fourth-order valence-corrected chi connectivity index (χ4v) is 5.70. The van der Waals surface area contributed by atoms with E-state index in [1.165, 1.54) is 17.6 Å². The van der Waals surface area contributed by atoms with Crippen molar-refractivity contribution < 1.29 is 9.59 Å². The quantitative estimate of drug-likeness (QED) is 0.448. The van der Waals surface area contributed by atoms with Crippen molar-refractivity contribution in [2.45, 2.75) is 44.7 Å². The molecule has 210 valence electrons. The SMILES string of the molecule is CC(=O)N1CCC[C@H]1C(=O)N1CCN(c2cc(C#N)cc(Nc3nc(NC4CC4)c4ncc(C#N)n4n3)c2Cl)CC1. The van der Waals surface area contributed by atoms with Crippen LogP contribution in [0.4, 0.5) is 23.1 Å². The van der Waals surface area contributed by atoms with Crippen LogP contribution in [0.2, 0.25) is 5.02 Å². The summed E-state index contributed by atoms with van der Waals surface area (Å²) in [6.45, 7) is 4.11. The number of rotatable bonds is 6. The summed E-state index contributed by atoms with van der Waals surface area (Å²) in [7, 11) is 0. The van der Waals surface area contributed by atoms with Crippen molar-refractivity contribution in [2.24, 2.45) is 0 Å². The van der Waals surface area contributed by atoms with Crippen LogP contribution in [-0.4, -0.2) is 86.0 Å². The number of likely N-dealkylation sites (tertiary alicyclic amines) is 1. The van der Waals surface area contributed by atoms with Crippen LogP contribution in [-0.2, 0) is 9.59 Å². The lowest BCUT2D eigenvalue weighted by atomic mass is 10.1. The highest BCUT2D eigenvalue weighted by molar-refractivity contribution is 6.36. The van der Waals surface area contributed by atoms with E-state index in [2.05, 4.69) is 37.8 Å². The summed E-state index contributed by atoms with van der Waals surface area (Å²) in [5, 5.41) is 30.6. The second-order valence-corrected chi connectivity index (χ2v) is 10.8. The molecule has 0 spiro atoms. The van der Waals surface area contributed by atoms with Gasteiger partial charge in [0, 0.05) is 45.7 Å². The first kappa shape index (κ1) is 26.6. The summed E-state index contributed by atoms with van der Waals surface area (Å²) in [4.78, 5) is 39.6. The number of hydrogen-bond acceptors (Lipinski definition) is 10. The molecule has 1 aromatic carbocycles. The molecule has 6 rings (SSSR count). The Hall–Kier alpha value is -4.62.